The fraction of sp³-hybridized carbons (Fsp3) is 1.00. The summed E-state index contributed by atoms with van der Waals surface area (Å²) in [7, 11) is 0. The molecule has 67 valence electrons. The number of rotatable bonds is 7. The van der Waals surface area contributed by atoms with Crippen molar-refractivity contribution in [3.05, 3.63) is 0 Å². The van der Waals surface area contributed by atoms with Crippen LogP contribution in [0.5, 0.6) is 0 Å². The molecule has 11 heavy (non-hydrogen) atoms. The van der Waals surface area contributed by atoms with Crippen LogP contribution in [0, 0.1) is 0 Å². The standard InChI is InChI=1S/C8H18NO2/c1-3-5-10-8(7-9)11-6-4-2/h8-9H,3-7H2,1-2H3. The van der Waals surface area contributed by atoms with Gasteiger partial charge in [0.15, 0.2) is 6.29 Å². The van der Waals surface area contributed by atoms with E-state index in [1.807, 2.05) is 13.8 Å². The van der Waals surface area contributed by atoms with Gasteiger partial charge in [0.1, 0.15) is 0 Å². The molecule has 0 aromatic heterocycles. The van der Waals surface area contributed by atoms with Gasteiger partial charge in [-0.3, -0.25) is 5.73 Å². The highest BCUT2D eigenvalue weighted by Gasteiger charge is 2.04. The second kappa shape index (κ2) is 7.98. The summed E-state index contributed by atoms with van der Waals surface area (Å²) in [5.41, 5.74) is 7.07. The van der Waals surface area contributed by atoms with Crippen LogP contribution in [0.1, 0.15) is 26.7 Å². The smallest absolute Gasteiger partial charge is 0.171 e. The molecular formula is C8H18NO2. The third-order valence-corrected chi connectivity index (χ3v) is 1.18. The molecule has 3 nitrogen and oxygen atoms in total. The molecule has 0 saturated carbocycles. The van der Waals surface area contributed by atoms with Gasteiger partial charge in [0, 0.05) is 13.2 Å². The molecule has 0 aliphatic carbocycles. The van der Waals surface area contributed by atoms with Crippen molar-refractivity contribution in [2.24, 2.45) is 0 Å². The molecule has 0 aromatic rings. The molecule has 0 aliphatic heterocycles. The second-order valence-corrected chi connectivity index (χ2v) is 2.38. The van der Waals surface area contributed by atoms with Crippen molar-refractivity contribution in [1.82, 2.24) is 5.73 Å². The Morgan fingerprint density at radius 1 is 1.09 bits per heavy atom. The molecule has 0 unspecified atom stereocenters. The average Bonchev–Trinajstić information content (AvgIpc) is 2.05. The van der Waals surface area contributed by atoms with Crippen LogP contribution in [0.15, 0.2) is 0 Å². The topological polar surface area (TPSA) is 42.3 Å². The van der Waals surface area contributed by atoms with E-state index in [1.54, 1.807) is 0 Å². The zero-order valence-electron chi connectivity index (χ0n) is 7.43. The largest absolute Gasteiger partial charge is 0.351 e. The molecule has 1 radical (unpaired) electrons. The van der Waals surface area contributed by atoms with Gasteiger partial charge in [-0.25, -0.2) is 0 Å². The summed E-state index contributed by atoms with van der Waals surface area (Å²) in [6, 6.07) is 0. The number of hydrogen-bond donors (Lipinski definition) is 0. The van der Waals surface area contributed by atoms with Crippen LogP contribution in [-0.4, -0.2) is 26.0 Å². The van der Waals surface area contributed by atoms with Gasteiger partial charge in [-0.15, -0.1) is 0 Å². The van der Waals surface area contributed by atoms with Gasteiger partial charge in [0.05, 0.1) is 6.54 Å². The van der Waals surface area contributed by atoms with E-state index in [-0.39, 0.29) is 12.8 Å². The maximum Gasteiger partial charge on any atom is 0.171 e. The summed E-state index contributed by atoms with van der Waals surface area (Å²) in [5.74, 6) is 0. The molecular weight excluding hydrogens is 142 g/mol. The normalized spacial score (nSPS) is 10.9. The Labute approximate surface area is 68.9 Å². The third-order valence-electron chi connectivity index (χ3n) is 1.18. The molecule has 0 aliphatic rings. The van der Waals surface area contributed by atoms with Crippen LogP contribution in [0.4, 0.5) is 0 Å². The number of ether oxygens (including phenoxy) is 2. The first-order valence-electron chi connectivity index (χ1n) is 4.22. The Hall–Kier alpha value is -0.120. The Morgan fingerprint density at radius 3 is 1.82 bits per heavy atom. The highest BCUT2D eigenvalue weighted by atomic mass is 16.7. The summed E-state index contributed by atoms with van der Waals surface area (Å²) in [4.78, 5) is 0. The van der Waals surface area contributed by atoms with Gasteiger partial charge >= 0.3 is 0 Å². The zero-order chi connectivity index (χ0) is 8.53. The lowest BCUT2D eigenvalue weighted by atomic mass is 10.5. The first-order valence-corrected chi connectivity index (χ1v) is 4.22. The Morgan fingerprint density at radius 2 is 1.55 bits per heavy atom. The Balaban J connectivity index is 3.25. The summed E-state index contributed by atoms with van der Waals surface area (Å²) in [6.07, 6.45) is 1.65. The summed E-state index contributed by atoms with van der Waals surface area (Å²) < 4.78 is 10.5. The quantitative estimate of drug-likeness (QED) is 0.529. The van der Waals surface area contributed by atoms with Crippen LogP contribution >= 0.6 is 0 Å². The van der Waals surface area contributed by atoms with Gasteiger partial charge in [0.25, 0.3) is 0 Å². The molecule has 0 heterocycles. The minimum absolute atomic E-state index is 0.194. The molecule has 0 fully saturated rings. The lowest BCUT2D eigenvalue weighted by Crippen LogP contribution is -2.23. The highest BCUT2D eigenvalue weighted by molar-refractivity contribution is 4.43. The first-order chi connectivity index (χ1) is 5.35. The Kier molecular flexibility index (Phi) is 7.89. The van der Waals surface area contributed by atoms with Crippen molar-refractivity contribution in [1.29, 1.82) is 0 Å². The summed E-state index contributed by atoms with van der Waals surface area (Å²) >= 11 is 0. The molecule has 0 spiro atoms. The van der Waals surface area contributed by atoms with Gasteiger partial charge in [-0.2, -0.15) is 0 Å². The van der Waals surface area contributed by atoms with Crippen molar-refractivity contribution in [2.75, 3.05) is 19.8 Å². The lowest BCUT2D eigenvalue weighted by Gasteiger charge is -2.14. The molecule has 3 heteroatoms. The maximum absolute atomic E-state index is 7.07. The molecule has 1 N–H and O–H groups in total. The van der Waals surface area contributed by atoms with Crippen molar-refractivity contribution in [3.63, 3.8) is 0 Å². The van der Waals surface area contributed by atoms with Gasteiger partial charge in [-0.1, -0.05) is 13.8 Å². The number of hydrogen-bond acceptors (Lipinski definition) is 2. The monoisotopic (exact) mass is 160 g/mol. The van der Waals surface area contributed by atoms with Crippen LogP contribution in [0.2, 0.25) is 0 Å². The predicted molar refractivity (Wildman–Crippen MR) is 44.2 cm³/mol. The van der Waals surface area contributed by atoms with Crippen molar-refractivity contribution >= 4 is 0 Å². The van der Waals surface area contributed by atoms with Gasteiger partial charge in [0.2, 0.25) is 0 Å². The fourth-order valence-corrected chi connectivity index (χ4v) is 0.665. The SMILES string of the molecule is CCCOC(C[NH])OCCC. The van der Waals surface area contributed by atoms with Gasteiger partial charge < -0.3 is 9.47 Å². The second-order valence-electron chi connectivity index (χ2n) is 2.38. The molecule has 0 aromatic carbocycles. The van der Waals surface area contributed by atoms with Crippen LogP contribution in [0.25, 0.3) is 0 Å². The summed E-state index contributed by atoms with van der Waals surface area (Å²) in [6.45, 7) is 5.65. The summed E-state index contributed by atoms with van der Waals surface area (Å²) in [5, 5.41) is 0. The van der Waals surface area contributed by atoms with Gasteiger partial charge in [-0.05, 0) is 12.8 Å². The maximum atomic E-state index is 7.07. The average molecular weight is 160 g/mol. The van der Waals surface area contributed by atoms with Crippen molar-refractivity contribution in [2.45, 2.75) is 33.0 Å². The van der Waals surface area contributed by atoms with E-state index in [2.05, 4.69) is 0 Å². The highest BCUT2D eigenvalue weighted by Crippen LogP contribution is 1.95. The zero-order valence-corrected chi connectivity index (χ0v) is 7.43. The van der Waals surface area contributed by atoms with Crippen LogP contribution < -0.4 is 5.73 Å². The molecule has 0 rings (SSSR count). The number of nitrogens with one attached hydrogen (secondary N) is 1. The van der Waals surface area contributed by atoms with E-state index in [0.717, 1.165) is 12.8 Å². The van der Waals surface area contributed by atoms with E-state index in [0.29, 0.717) is 13.2 Å². The molecule has 0 saturated heterocycles. The third kappa shape index (κ3) is 6.28. The van der Waals surface area contributed by atoms with Crippen LogP contribution in [-0.2, 0) is 9.47 Å². The fourth-order valence-electron chi connectivity index (χ4n) is 0.665. The van der Waals surface area contributed by atoms with E-state index in [9.17, 15) is 0 Å². The first kappa shape index (κ1) is 10.9. The van der Waals surface area contributed by atoms with Crippen molar-refractivity contribution < 1.29 is 9.47 Å². The van der Waals surface area contributed by atoms with E-state index in [4.69, 9.17) is 15.2 Å². The predicted octanol–water partition coefficient (Wildman–Crippen LogP) is 1.45. The van der Waals surface area contributed by atoms with Crippen LogP contribution in [0.3, 0.4) is 0 Å². The van der Waals surface area contributed by atoms with E-state index < -0.39 is 0 Å². The lowest BCUT2D eigenvalue weighted by molar-refractivity contribution is -0.136. The molecule has 0 atom stereocenters. The minimum Gasteiger partial charge on any atom is -0.351 e. The Bertz CT molecular complexity index is 70.5. The molecule has 0 bridgehead atoms. The van der Waals surface area contributed by atoms with Crippen molar-refractivity contribution in [3.8, 4) is 0 Å². The minimum atomic E-state index is -0.310. The van der Waals surface area contributed by atoms with E-state index >= 15 is 0 Å². The van der Waals surface area contributed by atoms with E-state index in [1.165, 1.54) is 0 Å². The molecule has 0 amide bonds.